The summed E-state index contributed by atoms with van der Waals surface area (Å²) in [6.45, 7) is 9.59. The number of aliphatic hydroxyl groups is 1. The predicted molar refractivity (Wildman–Crippen MR) is 106 cm³/mol. The van der Waals surface area contributed by atoms with Gasteiger partial charge in [-0.3, -0.25) is 4.90 Å². The molecule has 1 atom stereocenters. The average Bonchev–Trinajstić information content (AvgIpc) is 3.39. The normalized spacial score (nSPS) is 23.1. The van der Waals surface area contributed by atoms with Gasteiger partial charge in [0.15, 0.2) is 5.96 Å². The molecular formula is C20H34N4O3. The molecule has 3 rings (SSSR count). The van der Waals surface area contributed by atoms with Crippen molar-refractivity contribution in [2.75, 3.05) is 45.9 Å². The van der Waals surface area contributed by atoms with Crippen LogP contribution in [-0.2, 0) is 10.3 Å². The van der Waals surface area contributed by atoms with E-state index in [9.17, 15) is 5.11 Å². The van der Waals surface area contributed by atoms with Gasteiger partial charge >= 0.3 is 0 Å². The molecule has 152 valence electrons. The third kappa shape index (κ3) is 5.03. The van der Waals surface area contributed by atoms with Gasteiger partial charge in [0.05, 0.1) is 12.8 Å². The number of nitrogens with zero attached hydrogens (tertiary/aromatic N) is 2. The Balaban J connectivity index is 1.65. The Morgan fingerprint density at radius 1 is 1.30 bits per heavy atom. The van der Waals surface area contributed by atoms with E-state index in [2.05, 4.69) is 20.5 Å². The Morgan fingerprint density at radius 2 is 2.04 bits per heavy atom. The van der Waals surface area contributed by atoms with Crippen LogP contribution in [0.2, 0.25) is 0 Å². The Hall–Kier alpha value is -1.57. The molecule has 27 heavy (non-hydrogen) atoms. The van der Waals surface area contributed by atoms with Crippen molar-refractivity contribution in [3.05, 3.63) is 24.2 Å². The molecule has 1 aromatic rings. The molecule has 3 heterocycles. The van der Waals surface area contributed by atoms with Crippen molar-refractivity contribution in [2.24, 2.45) is 4.99 Å². The lowest BCUT2D eigenvalue weighted by molar-refractivity contribution is -0.0164. The maximum absolute atomic E-state index is 10.7. The van der Waals surface area contributed by atoms with Crippen LogP contribution < -0.4 is 10.6 Å². The van der Waals surface area contributed by atoms with Gasteiger partial charge in [-0.25, -0.2) is 4.99 Å². The summed E-state index contributed by atoms with van der Waals surface area (Å²) in [5.41, 5.74) is -0.994. The third-order valence-electron chi connectivity index (χ3n) is 5.73. The molecule has 2 aliphatic rings. The zero-order valence-electron chi connectivity index (χ0n) is 16.7. The molecule has 0 spiro atoms. The zero-order chi connectivity index (χ0) is 19.2. The summed E-state index contributed by atoms with van der Waals surface area (Å²) in [5.74, 6) is 1.26. The molecule has 2 aliphatic heterocycles. The fourth-order valence-electron chi connectivity index (χ4n) is 4.03. The monoisotopic (exact) mass is 378 g/mol. The molecule has 2 saturated heterocycles. The summed E-state index contributed by atoms with van der Waals surface area (Å²) in [4.78, 5) is 7.25. The molecule has 1 aromatic heterocycles. The highest BCUT2D eigenvalue weighted by Crippen LogP contribution is 2.30. The van der Waals surface area contributed by atoms with E-state index in [0.717, 1.165) is 45.1 Å². The first kappa shape index (κ1) is 20.2. The van der Waals surface area contributed by atoms with E-state index in [4.69, 9.17) is 9.15 Å². The van der Waals surface area contributed by atoms with Crippen LogP contribution in [0.3, 0.4) is 0 Å². The van der Waals surface area contributed by atoms with Crippen molar-refractivity contribution >= 4 is 5.96 Å². The number of hydrogen-bond acceptors (Lipinski definition) is 5. The number of aliphatic imine (C=N–C) groups is 1. The number of nitrogens with one attached hydrogen (secondary N) is 2. The van der Waals surface area contributed by atoms with Gasteiger partial charge in [-0.2, -0.15) is 0 Å². The quantitative estimate of drug-likeness (QED) is 0.495. The first-order valence-electron chi connectivity index (χ1n) is 10.2. The molecule has 0 radical (unpaired) electrons. The second kappa shape index (κ2) is 9.08. The lowest BCUT2D eigenvalue weighted by atomic mass is 9.88. The van der Waals surface area contributed by atoms with Crippen molar-refractivity contribution in [2.45, 2.75) is 50.7 Å². The highest BCUT2D eigenvalue weighted by atomic mass is 16.5. The first-order valence-corrected chi connectivity index (χ1v) is 10.2. The topological polar surface area (TPSA) is 82.3 Å². The van der Waals surface area contributed by atoms with E-state index >= 15 is 0 Å². The Bertz CT molecular complexity index is 588. The van der Waals surface area contributed by atoms with Gasteiger partial charge in [-0.05, 0) is 64.8 Å². The summed E-state index contributed by atoms with van der Waals surface area (Å²) in [5, 5.41) is 17.5. The van der Waals surface area contributed by atoms with E-state index in [1.54, 1.807) is 25.3 Å². The fourth-order valence-corrected chi connectivity index (χ4v) is 4.03. The number of likely N-dealkylation sites (tertiary alicyclic amines) is 1. The van der Waals surface area contributed by atoms with Crippen LogP contribution in [0.25, 0.3) is 0 Å². The number of ether oxygens (including phenoxy) is 1. The fraction of sp³-hybridized carbons (Fsp3) is 0.750. The lowest BCUT2D eigenvalue weighted by Crippen LogP contribution is -2.58. The van der Waals surface area contributed by atoms with Crippen molar-refractivity contribution in [1.82, 2.24) is 15.5 Å². The van der Waals surface area contributed by atoms with Gasteiger partial charge in [0.2, 0.25) is 0 Å². The third-order valence-corrected chi connectivity index (χ3v) is 5.73. The molecule has 7 nitrogen and oxygen atoms in total. The summed E-state index contributed by atoms with van der Waals surface area (Å²) in [7, 11) is 0. The maximum atomic E-state index is 10.7. The van der Waals surface area contributed by atoms with E-state index in [1.807, 2.05) is 6.92 Å². The van der Waals surface area contributed by atoms with Gasteiger partial charge in [-0.1, -0.05) is 0 Å². The minimum atomic E-state index is -1.13. The van der Waals surface area contributed by atoms with E-state index in [1.165, 1.54) is 25.9 Å². The van der Waals surface area contributed by atoms with Crippen LogP contribution >= 0.6 is 0 Å². The molecule has 0 aromatic carbocycles. The Labute approximate surface area is 162 Å². The Kier molecular flexibility index (Phi) is 6.78. The van der Waals surface area contributed by atoms with Crippen molar-refractivity contribution < 1.29 is 14.3 Å². The molecule has 0 saturated carbocycles. The highest BCUT2D eigenvalue weighted by Gasteiger charge is 2.39. The molecule has 0 aliphatic carbocycles. The minimum absolute atomic E-state index is 0.133. The molecule has 0 bridgehead atoms. The standard InChI is InChI=1S/C20H34N4O3/c1-3-21-18(22-15-19(2,25)17-7-6-12-27-17)23-16-20(8-13-26-14-9-20)24-10-4-5-11-24/h6-7,12,25H,3-5,8-11,13-16H2,1-2H3,(H2,21,22,23). The second-order valence-electron chi connectivity index (χ2n) is 7.83. The van der Waals surface area contributed by atoms with Crippen LogP contribution in [0.4, 0.5) is 0 Å². The van der Waals surface area contributed by atoms with Crippen LogP contribution in [0.1, 0.15) is 45.3 Å². The molecule has 2 fully saturated rings. The average molecular weight is 379 g/mol. The zero-order valence-corrected chi connectivity index (χ0v) is 16.7. The molecule has 3 N–H and O–H groups in total. The molecular weight excluding hydrogens is 344 g/mol. The van der Waals surface area contributed by atoms with Crippen molar-refractivity contribution in [1.29, 1.82) is 0 Å². The second-order valence-corrected chi connectivity index (χ2v) is 7.83. The summed E-state index contributed by atoms with van der Waals surface area (Å²) < 4.78 is 11.0. The maximum Gasteiger partial charge on any atom is 0.191 e. The van der Waals surface area contributed by atoms with Gasteiger partial charge in [-0.15, -0.1) is 0 Å². The summed E-state index contributed by atoms with van der Waals surface area (Å²) in [6.07, 6.45) is 6.22. The molecule has 0 amide bonds. The van der Waals surface area contributed by atoms with E-state index in [0.29, 0.717) is 5.76 Å². The van der Waals surface area contributed by atoms with Gasteiger partial charge in [0.1, 0.15) is 11.4 Å². The van der Waals surface area contributed by atoms with Gasteiger partial charge in [0.25, 0.3) is 0 Å². The van der Waals surface area contributed by atoms with Crippen LogP contribution in [0.5, 0.6) is 0 Å². The van der Waals surface area contributed by atoms with Gasteiger partial charge < -0.3 is 24.9 Å². The van der Waals surface area contributed by atoms with Crippen LogP contribution in [0, 0.1) is 0 Å². The van der Waals surface area contributed by atoms with E-state index < -0.39 is 5.60 Å². The lowest BCUT2D eigenvalue weighted by Gasteiger charge is -2.45. The van der Waals surface area contributed by atoms with Crippen molar-refractivity contribution in [3.8, 4) is 0 Å². The largest absolute Gasteiger partial charge is 0.466 e. The number of guanidine groups is 1. The van der Waals surface area contributed by atoms with Crippen LogP contribution in [-0.4, -0.2) is 67.4 Å². The van der Waals surface area contributed by atoms with Crippen molar-refractivity contribution in [3.63, 3.8) is 0 Å². The minimum Gasteiger partial charge on any atom is -0.466 e. The van der Waals surface area contributed by atoms with Gasteiger partial charge in [0, 0.05) is 31.8 Å². The summed E-state index contributed by atoms with van der Waals surface area (Å²) >= 11 is 0. The highest BCUT2D eigenvalue weighted by molar-refractivity contribution is 5.79. The number of furan rings is 1. The number of rotatable bonds is 7. The van der Waals surface area contributed by atoms with E-state index in [-0.39, 0.29) is 12.1 Å². The summed E-state index contributed by atoms with van der Waals surface area (Å²) in [6, 6.07) is 3.56. The first-order chi connectivity index (χ1) is 13.1. The molecule has 1 unspecified atom stereocenters. The molecule has 7 heteroatoms. The SMILES string of the molecule is CCNC(=NCC(C)(O)c1ccco1)NCC1(N2CCCC2)CCOCC1. The predicted octanol–water partition coefficient (Wildman–Crippen LogP) is 1.69. The number of hydrogen-bond donors (Lipinski definition) is 3. The Morgan fingerprint density at radius 3 is 2.67 bits per heavy atom. The smallest absolute Gasteiger partial charge is 0.191 e. The van der Waals surface area contributed by atoms with Crippen LogP contribution in [0.15, 0.2) is 27.8 Å².